The van der Waals surface area contributed by atoms with Crippen LogP contribution in [-0.2, 0) is 0 Å². The highest BCUT2D eigenvalue weighted by Crippen LogP contribution is 2.27. The van der Waals surface area contributed by atoms with Crippen molar-refractivity contribution in [3.05, 3.63) is 64.9 Å². The van der Waals surface area contributed by atoms with Gasteiger partial charge in [0, 0.05) is 5.39 Å². The molecular formula is C18H16O3. The molecular weight excluding hydrogens is 264 g/mol. The van der Waals surface area contributed by atoms with E-state index in [9.17, 15) is 4.79 Å². The normalized spacial score (nSPS) is 10.8. The van der Waals surface area contributed by atoms with E-state index in [1.165, 1.54) is 0 Å². The number of furan rings is 1. The van der Waals surface area contributed by atoms with Crippen molar-refractivity contribution in [3.8, 4) is 5.75 Å². The SMILES string of the molecule is COc1ccc(C)cc1C(=O)c1cc2cc(C)ccc2o1. The number of hydrogen-bond donors (Lipinski definition) is 0. The Morgan fingerprint density at radius 3 is 2.48 bits per heavy atom. The van der Waals surface area contributed by atoms with Gasteiger partial charge in [0.1, 0.15) is 11.3 Å². The molecule has 106 valence electrons. The van der Waals surface area contributed by atoms with Crippen molar-refractivity contribution in [2.45, 2.75) is 13.8 Å². The van der Waals surface area contributed by atoms with Crippen molar-refractivity contribution in [1.29, 1.82) is 0 Å². The van der Waals surface area contributed by atoms with Crippen molar-refractivity contribution in [2.75, 3.05) is 7.11 Å². The third-order valence-electron chi connectivity index (χ3n) is 3.50. The van der Waals surface area contributed by atoms with E-state index in [0.717, 1.165) is 22.1 Å². The molecule has 2 aromatic carbocycles. The van der Waals surface area contributed by atoms with Crippen molar-refractivity contribution in [1.82, 2.24) is 0 Å². The zero-order valence-electron chi connectivity index (χ0n) is 12.3. The minimum Gasteiger partial charge on any atom is -0.496 e. The van der Waals surface area contributed by atoms with Gasteiger partial charge in [0.05, 0.1) is 12.7 Å². The molecule has 0 bridgehead atoms. The van der Waals surface area contributed by atoms with Gasteiger partial charge in [-0.15, -0.1) is 0 Å². The number of aryl methyl sites for hydroxylation is 2. The maximum absolute atomic E-state index is 12.7. The average molecular weight is 280 g/mol. The van der Waals surface area contributed by atoms with Gasteiger partial charge in [0.25, 0.3) is 0 Å². The molecule has 3 aromatic rings. The molecule has 0 fully saturated rings. The van der Waals surface area contributed by atoms with Crippen molar-refractivity contribution in [3.63, 3.8) is 0 Å². The second kappa shape index (κ2) is 5.09. The Hall–Kier alpha value is -2.55. The van der Waals surface area contributed by atoms with Gasteiger partial charge in [-0.05, 0) is 44.2 Å². The smallest absolute Gasteiger partial charge is 0.231 e. The molecule has 0 spiro atoms. The van der Waals surface area contributed by atoms with Crippen LogP contribution in [0.2, 0.25) is 0 Å². The highest BCUT2D eigenvalue weighted by Gasteiger charge is 2.18. The zero-order valence-corrected chi connectivity index (χ0v) is 12.3. The lowest BCUT2D eigenvalue weighted by atomic mass is 10.0. The summed E-state index contributed by atoms with van der Waals surface area (Å²) in [5.74, 6) is 0.728. The Balaban J connectivity index is 2.10. The molecule has 0 radical (unpaired) electrons. The second-order valence-corrected chi connectivity index (χ2v) is 5.18. The number of methoxy groups -OCH3 is 1. The van der Waals surface area contributed by atoms with Gasteiger partial charge < -0.3 is 9.15 Å². The van der Waals surface area contributed by atoms with Gasteiger partial charge in [-0.1, -0.05) is 23.3 Å². The summed E-state index contributed by atoms with van der Waals surface area (Å²) in [5.41, 5.74) is 3.38. The van der Waals surface area contributed by atoms with E-state index in [1.54, 1.807) is 19.2 Å². The molecule has 0 aliphatic carbocycles. The molecule has 1 heterocycles. The van der Waals surface area contributed by atoms with Crippen LogP contribution in [0, 0.1) is 13.8 Å². The molecule has 1 aromatic heterocycles. The topological polar surface area (TPSA) is 39.4 Å². The number of rotatable bonds is 3. The predicted octanol–water partition coefficient (Wildman–Crippen LogP) is 4.29. The van der Waals surface area contributed by atoms with Crippen LogP contribution in [0.25, 0.3) is 11.0 Å². The van der Waals surface area contributed by atoms with E-state index in [4.69, 9.17) is 9.15 Å². The maximum atomic E-state index is 12.7. The maximum Gasteiger partial charge on any atom is 0.231 e. The van der Waals surface area contributed by atoms with Gasteiger partial charge in [-0.3, -0.25) is 4.79 Å². The molecule has 21 heavy (non-hydrogen) atoms. The van der Waals surface area contributed by atoms with E-state index in [2.05, 4.69) is 0 Å². The van der Waals surface area contributed by atoms with Crippen LogP contribution in [0.5, 0.6) is 5.75 Å². The first-order valence-corrected chi connectivity index (χ1v) is 6.78. The van der Waals surface area contributed by atoms with Crippen LogP contribution in [0.3, 0.4) is 0 Å². The summed E-state index contributed by atoms with van der Waals surface area (Å²) >= 11 is 0. The first kappa shape index (κ1) is 13.4. The number of ketones is 1. The molecule has 3 nitrogen and oxygen atoms in total. The van der Waals surface area contributed by atoms with Crippen LogP contribution in [0.1, 0.15) is 27.2 Å². The zero-order chi connectivity index (χ0) is 15.0. The van der Waals surface area contributed by atoms with E-state index < -0.39 is 0 Å². The van der Waals surface area contributed by atoms with E-state index in [-0.39, 0.29) is 5.78 Å². The molecule has 0 saturated carbocycles. The number of carbonyl (C=O) groups excluding carboxylic acids is 1. The summed E-state index contributed by atoms with van der Waals surface area (Å²) in [6.45, 7) is 3.95. The fourth-order valence-corrected chi connectivity index (χ4v) is 2.41. The summed E-state index contributed by atoms with van der Waals surface area (Å²) in [6, 6.07) is 13.2. The van der Waals surface area contributed by atoms with Crippen molar-refractivity contribution < 1.29 is 13.9 Å². The van der Waals surface area contributed by atoms with Crippen LogP contribution >= 0.6 is 0 Å². The third-order valence-corrected chi connectivity index (χ3v) is 3.50. The lowest BCUT2D eigenvalue weighted by Crippen LogP contribution is -2.03. The lowest BCUT2D eigenvalue weighted by Gasteiger charge is -2.06. The molecule has 3 heteroatoms. The van der Waals surface area contributed by atoms with E-state index in [1.807, 2.05) is 44.2 Å². The summed E-state index contributed by atoms with van der Waals surface area (Å²) in [6.07, 6.45) is 0. The Morgan fingerprint density at radius 2 is 1.71 bits per heavy atom. The van der Waals surface area contributed by atoms with Crippen molar-refractivity contribution in [2.24, 2.45) is 0 Å². The minimum atomic E-state index is -0.163. The monoisotopic (exact) mass is 280 g/mol. The average Bonchev–Trinajstić information content (AvgIpc) is 2.89. The first-order valence-electron chi connectivity index (χ1n) is 6.78. The quantitative estimate of drug-likeness (QED) is 0.672. The summed E-state index contributed by atoms with van der Waals surface area (Å²) in [7, 11) is 1.56. The molecule has 0 saturated heterocycles. The molecule has 0 unspecified atom stereocenters. The van der Waals surface area contributed by atoms with E-state index in [0.29, 0.717) is 17.1 Å². The van der Waals surface area contributed by atoms with Gasteiger partial charge in [-0.2, -0.15) is 0 Å². The number of hydrogen-bond acceptors (Lipinski definition) is 3. The second-order valence-electron chi connectivity index (χ2n) is 5.18. The van der Waals surface area contributed by atoms with Crippen LogP contribution in [0.4, 0.5) is 0 Å². The summed E-state index contributed by atoms with van der Waals surface area (Å²) in [4.78, 5) is 12.7. The van der Waals surface area contributed by atoms with Gasteiger partial charge >= 0.3 is 0 Å². The summed E-state index contributed by atoms with van der Waals surface area (Å²) < 4.78 is 10.9. The molecule has 0 aliphatic heterocycles. The summed E-state index contributed by atoms with van der Waals surface area (Å²) in [5, 5.41) is 0.935. The van der Waals surface area contributed by atoms with E-state index >= 15 is 0 Å². The van der Waals surface area contributed by atoms with Gasteiger partial charge in [0.15, 0.2) is 5.76 Å². The largest absolute Gasteiger partial charge is 0.496 e. The molecule has 0 atom stereocenters. The molecule has 0 N–H and O–H groups in total. The van der Waals surface area contributed by atoms with Gasteiger partial charge in [-0.25, -0.2) is 0 Å². The van der Waals surface area contributed by atoms with Gasteiger partial charge in [0.2, 0.25) is 5.78 Å². The van der Waals surface area contributed by atoms with Crippen LogP contribution in [-0.4, -0.2) is 12.9 Å². The lowest BCUT2D eigenvalue weighted by molar-refractivity contribution is 0.101. The minimum absolute atomic E-state index is 0.163. The number of benzene rings is 2. The van der Waals surface area contributed by atoms with Crippen molar-refractivity contribution >= 4 is 16.8 Å². The number of fused-ring (bicyclic) bond motifs is 1. The number of ether oxygens (including phenoxy) is 1. The highest BCUT2D eigenvalue weighted by molar-refractivity contribution is 6.10. The molecule has 0 aliphatic rings. The molecule has 0 amide bonds. The van der Waals surface area contributed by atoms with Crippen LogP contribution in [0.15, 0.2) is 46.9 Å². The molecule has 3 rings (SSSR count). The Labute approximate surface area is 123 Å². The fraction of sp³-hybridized carbons (Fsp3) is 0.167. The van der Waals surface area contributed by atoms with Crippen LogP contribution < -0.4 is 4.74 Å². The Kier molecular flexibility index (Phi) is 3.26. The standard InChI is InChI=1S/C18H16O3/c1-11-4-6-15-13(8-11)10-17(21-15)18(19)14-9-12(2)5-7-16(14)20-3/h4-10H,1-3H3. The highest BCUT2D eigenvalue weighted by atomic mass is 16.5. The number of carbonyl (C=O) groups is 1. The first-order chi connectivity index (χ1) is 10.1. The Morgan fingerprint density at radius 1 is 1.00 bits per heavy atom. The Bertz CT molecular complexity index is 828. The third kappa shape index (κ3) is 2.42. The fourth-order valence-electron chi connectivity index (χ4n) is 2.41. The predicted molar refractivity (Wildman–Crippen MR) is 82.1 cm³/mol.